The van der Waals surface area contributed by atoms with Gasteiger partial charge in [-0.05, 0) is 26.3 Å². The van der Waals surface area contributed by atoms with Gasteiger partial charge in [0.15, 0.2) is 0 Å². The molecule has 1 aliphatic rings. The molecule has 0 radical (unpaired) electrons. The van der Waals surface area contributed by atoms with Crippen LogP contribution < -0.4 is 5.32 Å². The molecule has 1 saturated heterocycles. The predicted molar refractivity (Wildman–Crippen MR) is 70.3 cm³/mol. The van der Waals surface area contributed by atoms with E-state index in [1.807, 2.05) is 31.0 Å². The van der Waals surface area contributed by atoms with Crippen molar-refractivity contribution in [1.29, 1.82) is 0 Å². The summed E-state index contributed by atoms with van der Waals surface area (Å²) in [5.74, 6) is 1.06. The molecule has 2 N–H and O–H groups in total. The van der Waals surface area contributed by atoms with Gasteiger partial charge in [-0.3, -0.25) is 4.68 Å². The number of H-pyrrole nitrogens is 1. The summed E-state index contributed by atoms with van der Waals surface area (Å²) >= 11 is 0. The lowest BCUT2D eigenvalue weighted by atomic mass is 10.1. The molecule has 5 nitrogen and oxygen atoms in total. The number of aromatic nitrogens is 4. The highest BCUT2D eigenvalue weighted by atomic mass is 15.2. The van der Waals surface area contributed by atoms with Crippen LogP contribution >= 0.6 is 0 Å². The van der Waals surface area contributed by atoms with Gasteiger partial charge in [-0.15, -0.1) is 0 Å². The molecule has 2 aromatic rings. The molecule has 0 bridgehead atoms. The molecule has 3 rings (SSSR count). The van der Waals surface area contributed by atoms with Crippen LogP contribution in [0.1, 0.15) is 24.4 Å². The minimum absolute atomic E-state index is 0.582. The second-order valence-corrected chi connectivity index (χ2v) is 5.04. The Balaban J connectivity index is 1.78. The molecular formula is C13H19N5. The standard InChI is InChI=1S/C13H19N5/c1-9-11(8-18(2)17-9)12-7-15-13(16-12)6-10-4-3-5-14-10/h7-8,10,14H,3-6H2,1-2H3,(H,15,16). The van der Waals surface area contributed by atoms with Crippen molar-refractivity contribution in [2.45, 2.75) is 32.2 Å². The van der Waals surface area contributed by atoms with Crippen molar-refractivity contribution >= 4 is 0 Å². The van der Waals surface area contributed by atoms with Gasteiger partial charge in [-0.1, -0.05) is 0 Å². The summed E-state index contributed by atoms with van der Waals surface area (Å²) in [4.78, 5) is 7.88. The summed E-state index contributed by atoms with van der Waals surface area (Å²) in [6.45, 7) is 3.16. The highest BCUT2D eigenvalue weighted by Gasteiger charge is 2.16. The smallest absolute Gasteiger partial charge is 0.108 e. The summed E-state index contributed by atoms with van der Waals surface area (Å²) in [6.07, 6.45) is 7.45. The van der Waals surface area contributed by atoms with E-state index in [1.165, 1.54) is 12.8 Å². The number of rotatable bonds is 3. The predicted octanol–water partition coefficient (Wildman–Crippen LogP) is 1.41. The number of hydrogen-bond donors (Lipinski definition) is 2. The van der Waals surface area contributed by atoms with Crippen LogP contribution in [0.15, 0.2) is 12.4 Å². The molecule has 0 amide bonds. The molecule has 2 aromatic heterocycles. The Kier molecular flexibility index (Phi) is 2.91. The van der Waals surface area contributed by atoms with Crippen molar-refractivity contribution in [2.75, 3.05) is 6.54 Å². The highest BCUT2D eigenvalue weighted by molar-refractivity contribution is 5.60. The van der Waals surface area contributed by atoms with Crippen molar-refractivity contribution in [3.8, 4) is 11.3 Å². The molecular weight excluding hydrogens is 226 g/mol. The summed E-state index contributed by atoms with van der Waals surface area (Å²) in [6, 6.07) is 0.582. The summed E-state index contributed by atoms with van der Waals surface area (Å²) in [5, 5.41) is 7.85. The van der Waals surface area contributed by atoms with Crippen LogP contribution in [0.2, 0.25) is 0 Å². The van der Waals surface area contributed by atoms with Crippen LogP contribution in [-0.2, 0) is 13.5 Å². The fourth-order valence-corrected chi connectivity index (χ4v) is 2.63. The minimum atomic E-state index is 0.582. The molecule has 0 saturated carbocycles. The second kappa shape index (κ2) is 4.57. The van der Waals surface area contributed by atoms with Crippen LogP contribution in [0.5, 0.6) is 0 Å². The van der Waals surface area contributed by atoms with E-state index in [1.54, 1.807) is 0 Å². The topological polar surface area (TPSA) is 58.5 Å². The Morgan fingerprint density at radius 2 is 2.39 bits per heavy atom. The average molecular weight is 245 g/mol. The maximum absolute atomic E-state index is 4.47. The number of imidazole rings is 1. The Hall–Kier alpha value is -1.62. The fraction of sp³-hybridized carbons (Fsp3) is 0.538. The van der Waals surface area contributed by atoms with E-state index < -0.39 is 0 Å². The monoisotopic (exact) mass is 245 g/mol. The number of nitrogens with one attached hydrogen (secondary N) is 2. The van der Waals surface area contributed by atoms with Crippen LogP contribution in [0, 0.1) is 6.92 Å². The molecule has 1 unspecified atom stereocenters. The Morgan fingerprint density at radius 1 is 1.50 bits per heavy atom. The third kappa shape index (κ3) is 2.18. The zero-order valence-electron chi connectivity index (χ0n) is 10.9. The Bertz CT molecular complexity index is 533. The first kappa shape index (κ1) is 11.5. The van der Waals surface area contributed by atoms with Crippen LogP contribution in [0.4, 0.5) is 0 Å². The minimum Gasteiger partial charge on any atom is -0.342 e. The van der Waals surface area contributed by atoms with Gasteiger partial charge in [0, 0.05) is 31.3 Å². The van der Waals surface area contributed by atoms with E-state index in [0.717, 1.165) is 35.7 Å². The normalized spacial score (nSPS) is 19.6. The fourth-order valence-electron chi connectivity index (χ4n) is 2.63. The second-order valence-electron chi connectivity index (χ2n) is 5.04. The third-order valence-electron chi connectivity index (χ3n) is 3.53. The summed E-state index contributed by atoms with van der Waals surface area (Å²) in [7, 11) is 1.94. The lowest BCUT2D eigenvalue weighted by Gasteiger charge is -2.06. The first-order valence-electron chi connectivity index (χ1n) is 6.50. The third-order valence-corrected chi connectivity index (χ3v) is 3.53. The van der Waals surface area contributed by atoms with E-state index in [-0.39, 0.29) is 0 Å². The quantitative estimate of drug-likeness (QED) is 0.859. The van der Waals surface area contributed by atoms with Gasteiger partial charge in [-0.2, -0.15) is 5.10 Å². The molecule has 18 heavy (non-hydrogen) atoms. The van der Waals surface area contributed by atoms with Gasteiger partial charge in [0.2, 0.25) is 0 Å². The number of aryl methyl sites for hydroxylation is 2. The zero-order chi connectivity index (χ0) is 12.5. The molecule has 5 heteroatoms. The lowest BCUT2D eigenvalue weighted by Crippen LogP contribution is -2.24. The number of hydrogen-bond acceptors (Lipinski definition) is 3. The molecule has 0 spiro atoms. The highest BCUT2D eigenvalue weighted by Crippen LogP contribution is 2.20. The number of aromatic amines is 1. The number of nitrogens with zero attached hydrogens (tertiary/aromatic N) is 3. The van der Waals surface area contributed by atoms with Crippen molar-refractivity contribution in [3.63, 3.8) is 0 Å². The Morgan fingerprint density at radius 3 is 3.06 bits per heavy atom. The summed E-state index contributed by atoms with van der Waals surface area (Å²) < 4.78 is 1.84. The SMILES string of the molecule is Cc1nn(C)cc1-c1cnc(CC2CCCN2)[nH]1. The van der Waals surface area contributed by atoms with Crippen molar-refractivity contribution < 1.29 is 0 Å². The molecule has 1 atom stereocenters. The maximum Gasteiger partial charge on any atom is 0.108 e. The van der Waals surface area contributed by atoms with Crippen LogP contribution in [0.25, 0.3) is 11.3 Å². The first-order valence-corrected chi connectivity index (χ1v) is 6.50. The van der Waals surface area contributed by atoms with Gasteiger partial charge in [0.1, 0.15) is 5.82 Å². The molecule has 1 fully saturated rings. The van der Waals surface area contributed by atoms with E-state index >= 15 is 0 Å². The van der Waals surface area contributed by atoms with E-state index in [2.05, 4.69) is 20.4 Å². The Labute approximate surface area is 107 Å². The lowest BCUT2D eigenvalue weighted by molar-refractivity contribution is 0.589. The zero-order valence-corrected chi connectivity index (χ0v) is 10.9. The van der Waals surface area contributed by atoms with Gasteiger partial charge in [0.05, 0.1) is 17.6 Å². The molecule has 1 aliphatic heterocycles. The van der Waals surface area contributed by atoms with E-state index in [4.69, 9.17) is 0 Å². The van der Waals surface area contributed by atoms with Crippen molar-refractivity contribution in [2.24, 2.45) is 7.05 Å². The maximum atomic E-state index is 4.47. The molecule has 96 valence electrons. The molecule has 0 aliphatic carbocycles. The van der Waals surface area contributed by atoms with Crippen molar-refractivity contribution in [3.05, 3.63) is 23.9 Å². The van der Waals surface area contributed by atoms with Crippen LogP contribution in [-0.4, -0.2) is 32.3 Å². The first-order chi connectivity index (χ1) is 8.72. The van der Waals surface area contributed by atoms with Gasteiger partial charge in [0.25, 0.3) is 0 Å². The molecule has 0 aromatic carbocycles. The van der Waals surface area contributed by atoms with Gasteiger partial charge >= 0.3 is 0 Å². The van der Waals surface area contributed by atoms with Crippen LogP contribution in [0.3, 0.4) is 0 Å². The van der Waals surface area contributed by atoms with Gasteiger partial charge < -0.3 is 10.3 Å². The van der Waals surface area contributed by atoms with E-state index in [9.17, 15) is 0 Å². The average Bonchev–Trinajstić information content (AvgIpc) is 3.01. The van der Waals surface area contributed by atoms with Crippen molar-refractivity contribution in [1.82, 2.24) is 25.1 Å². The summed E-state index contributed by atoms with van der Waals surface area (Å²) in [5.41, 5.74) is 3.23. The largest absolute Gasteiger partial charge is 0.342 e. The van der Waals surface area contributed by atoms with Gasteiger partial charge in [-0.25, -0.2) is 4.98 Å². The van der Waals surface area contributed by atoms with E-state index in [0.29, 0.717) is 6.04 Å². The molecule has 3 heterocycles.